The van der Waals surface area contributed by atoms with Gasteiger partial charge in [-0.1, -0.05) is 110 Å². The van der Waals surface area contributed by atoms with Crippen molar-refractivity contribution in [2.75, 3.05) is 0 Å². The lowest BCUT2D eigenvalue weighted by Gasteiger charge is -2.24. The molecule has 0 heterocycles. The van der Waals surface area contributed by atoms with Crippen LogP contribution in [0, 0.1) is 12.8 Å². The van der Waals surface area contributed by atoms with Gasteiger partial charge in [0.25, 0.3) is 0 Å². The summed E-state index contributed by atoms with van der Waals surface area (Å²) in [4.78, 5) is 0. The molecule has 1 unspecified atom stereocenters. The second-order valence-electron chi connectivity index (χ2n) is 10.7. The molecule has 5 rings (SSSR count). The highest BCUT2D eigenvalue weighted by molar-refractivity contribution is 5.86. The molecule has 0 amide bonds. The Morgan fingerprint density at radius 3 is 2.32 bits per heavy atom. The summed E-state index contributed by atoms with van der Waals surface area (Å²) in [5.74, 6) is 0.646. The number of hydrogen-bond donors (Lipinski definition) is 0. The molecule has 0 spiro atoms. The standard InChI is InChI=1S/C38H40/c1-6-13-30-25-31(23-18-27(30)7-2)28-19-21-29(22-20-28)37-33(8-3)34(9-4)38(32-15-12-14-26(5)24-32)36-17-11-10-16-35(36)37/h6,8-10,12-16,19-22,24-25,27H,1,7,11,17-18,23H2,2-5H3/b30-13-,33-8+,34-9+. The predicted octanol–water partition coefficient (Wildman–Crippen LogP) is 9.21. The van der Waals surface area contributed by atoms with Crippen LogP contribution in [0.1, 0.15) is 68.7 Å². The minimum Gasteiger partial charge on any atom is -0.0991 e. The maximum absolute atomic E-state index is 3.94. The van der Waals surface area contributed by atoms with Gasteiger partial charge >= 0.3 is 0 Å². The lowest BCUT2D eigenvalue weighted by Crippen LogP contribution is -2.32. The molecule has 38 heavy (non-hydrogen) atoms. The van der Waals surface area contributed by atoms with Gasteiger partial charge in [-0.15, -0.1) is 0 Å². The largest absolute Gasteiger partial charge is 0.0991 e. The Morgan fingerprint density at radius 1 is 0.895 bits per heavy atom. The molecule has 0 saturated carbocycles. The fourth-order valence-electron chi connectivity index (χ4n) is 6.50. The molecule has 0 saturated heterocycles. The topological polar surface area (TPSA) is 0 Å². The second kappa shape index (κ2) is 11.4. The van der Waals surface area contributed by atoms with Crippen LogP contribution in [-0.2, 0) is 6.42 Å². The first-order valence-corrected chi connectivity index (χ1v) is 14.3. The van der Waals surface area contributed by atoms with Crippen molar-refractivity contribution >= 4 is 23.8 Å². The molecule has 0 bridgehead atoms. The van der Waals surface area contributed by atoms with Crippen molar-refractivity contribution in [1.82, 2.24) is 0 Å². The monoisotopic (exact) mass is 496 g/mol. The fourth-order valence-corrected chi connectivity index (χ4v) is 6.50. The molecule has 3 aromatic carbocycles. The molecular formula is C38H40. The molecule has 0 fully saturated rings. The minimum atomic E-state index is 0.646. The van der Waals surface area contributed by atoms with Crippen molar-refractivity contribution < 1.29 is 0 Å². The Labute approximate surface area is 229 Å². The third-order valence-corrected chi connectivity index (χ3v) is 8.38. The van der Waals surface area contributed by atoms with Gasteiger partial charge in [-0.25, -0.2) is 0 Å². The molecule has 0 radical (unpaired) electrons. The van der Waals surface area contributed by atoms with E-state index in [1.54, 1.807) is 0 Å². The number of aryl methyl sites for hydroxylation is 1. The van der Waals surface area contributed by atoms with Crippen LogP contribution in [0.15, 0.2) is 85.0 Å². The van der Waals surface area contributed by atoms with E-state index in [0.29, 0.717) is 5.92 Å². The summed E-state index contributed by atoms with van der Waals surface area (Å²) in [6, 6.07) is 18.3. The van der Waals surface area contributed by atoms with E-state index in [1.807, 2.05) is 6.08 Å². The molecule has 2 aliphatic carbocycles. The Hall–Kier alpha value is -3.64. The number of hydrogen-bond acceptors (Lipinski definition) is 0. The SMILES string of the molecule is C=C/C=C1/C=C(c2ccc(-c3c4c(c(-c5cccc(C)c5)c(=C/C)/c3=C\C)CCC=C4)cc2)CCC1CC. The third kappa shape index (κ3) is 4.81. The van der Waals surface area contributed by atoms with Crippen LogP contribution in [0.4, 0.5) is 0 Å². The van der Waals surface area contributed by atoms with Crippen molar-refractivity contribution in [3.8, 4) is 22.3 Å². The predicted molar refractivity (Wildman–Crippen MR) is 168 cm³/mol. The number of fused-ring (bicyclic) bond motifs is 1. The first-order valence-electron chi connectivity index (χ1n) is 14.3. The first kappa shape index (κ1) is 26.0. The summed E-state index contributed by atoms with van der Waals surface area (Å²) >= 11 is 0. The van der Waals surface area contributed by atoms with Crippen LogP contribution in [0.5, 0.6) is 0 Å². The average Bonchev–Trinajstić information content (AvgIpc) is 2.96. The van der Waals surface area contributed by atoms with Gasteiger partial charge < -0.3 is 0 Å². The Kier molecular flexibility index (Phi) is 7.79. The molecule has 0 aromatic heterocycles. The third-order valence-electron chi connectivity index (χ3n) is 8.38. The molecule has 2 aliphatic rings. The summed E-state index contributed by atoms with van der Waals surface area (Å²) in [6.07, 6.45) is 21.6. The van der Waals surface area contributed by atoms with Crippen molar-refractivity contribution in [1.29, 1.82) is 0 Å². The average molecular weight is 497 g/mol. The zero-order valence-electron chi connectivity index (χ0n) is 23.5. The van der Waals surface area contributed by atoms with E-state index >= 15 is 0 Å². The molecule has 3 aromatic rings. The smallest absolute Gasteiger partial charge is 0.00332 e. The number of allylic oxidation sites excluding steroid dienone is 6. The van der Waals surface area contributed by atoms with Gasteiger partial charge in [-0.3, -0.25) is 0 Å². The van der Waals surface area contributed by atoms with E-state index in [0.717, 1.165) is 19.3 Å². The van der Waals surface area contributed by atoms with Gasteiger partial charge in [0.05, 0.1) is 0 Å². The van der Waals surface area contributed by atoms with E-state index < -0.39 is 0 Å². The van der Waals surface area contributed by atoms with E-state index in [9.17, 15) is 0 Å². The van der Waals surface area contributed by atoms with E-state index in [2.05, 4.69) is 119 Å². The Morgan fingerprint density at radius 2 is 1.63 bits per heavy atom. The van der Waals surface area contributed by atoms with E-state index in [-0.39, 0.29) is 0 Å². The fraction of sp³-hybridized carbons (Fsp3) is 0.263. The molecule has 0 N–H and O–H groups in total. The van der Waals surface area contributed by atoms with Gasteiger partial charge in [-0.2, -0.15) is 0 Å². The molecule has 1 atom stereocenters. The summed E-state index contributed by atoms with van der Waals surface area (Å²) in [5.41, 5.74) is 13.8. The van der Waals surface area contributed by atoms with Gasteiger partial charge in [0.1, 0.15) is 0 Å². The lowest BCUT2D eigenvalue weighted by molar-refractivity contribution is 0.551. The quantitative estimate of drug-likeness (QED) is 0.330. The minimum absolute atomic E-state index is 0.646. The van der Waals surface area contributed by atoms with Crippen LogP contribution >= 0.6 is 0 Å². The van der Waals surface area contributed by atoms with Crippen LogP contribution in [0.25, 0.3) is 46.1 Å². The first-order chi connectivity index (χ1) is 18.6. The Bertz CT molecular complexity index is 1570. The molecule has 0 aliphatic heterocycles. The van der Waals surface area contributed by atoms with Crippen LogP contribution in [0.2, 0.25) is 0 Å². The van der Waals surface area contributed by atoms with Gasteiger partial charge in [-0.05, 0) is 119 Å². The zero-order chi connectivity index (χ0) is 26.6. The summed E-state index contributed by atoms with van der Waals surface area (Å²) in [6.45, 7) is 12.8. The molecule has 0 heteroatoms. The maximum Gasteiger partial charge on any atom is -0.00332 e. The highest BCUT2D eigenvalue weighted by atomic mass is 14.3. The molecular weight excluding hydrogens is 456 g/mol. The molecule has 0 nitrogen and oxygen atoms in total. The van der Waals surface area contributed by atoms with Gasteiger partial charge in [0.2, 0.25) is 0 Å². The van der Waals surface area contributed by atoms with Crippen molar-refractivity contribution in [2.45, 2.75) is 59.8 Å². The highest BCUT2D eigenvalue weighted by Crippen LogP contribution is 2.37. The lowest BCUT2D eigenvalue weighted by atomic mass is 9.80. The van der Waals surface area contributed by atoms with Gasteiger partial charge in [0.15, 0.2) is 0 Å². The van der Waals surface area contributed by atoms with Crippen LogP contribution in [0.3, 0.4) is 0 Å². The number of benzene rings is 3. The summed E-state index contributed by atoms with van der Waals surface area (Å²) < 4.78 is 0. The zero-order valence-corrected chi connectivity index (χ0v) is 23.5. The summed E-state index contributed by atoms with van der Waals surface area (Å²) in [5, 5.41) is 2.69. The second-order valence-corrected chi connectivity index (χ2v) is 10.7. The van der Waals surface area contributed by atoms with Crippen molar-refractivity contribution in [3.63, 3.8) is 0 Å². The van der Waals surface area contributed by atoms with Crippen LogP contribution < -0.4 is 10.4 Å². The van der Waals surface area contributed by atoms with Crippen LogP contribution in [-0.4, -0.2) is 0 Å². The highest BCUT2D eigenvalue weighted by Gasteiger charge is 2.21. The number of rotatable bonds is 5. The normalized spacial score (nSPS) is 19.0. The van der Waals surface area contributed by atoms with E-state index in [4.69, 9.17) is 0 Å². The van der Waals surface area contributed by atoms with Gasteiger partial charge in [0, 0.05) is 0 Å². The van der Waals surface area contributed by atoms with Crippen molar-refractivity contribution in [2.24, 2.45) is 5.92 Å². The van der Waals surface area contributed by atoms with Crippen molar-refractivity contribution in [3.05, 3.63) is 118 Å². The summed E-state index contributed by atoms with van der Waals surface area (Å²) in [7, 11) is 0. The molecule has 192 valence electrons. The van der Waals surface area contributed by atoms with E-state index in [1.165, 1.54) is 78.9 Å². The maximum atomic E-state index is 3.94. The Balaban J connectivity index is 1.67.